The third kappa shape index (κ3) is 2.59. The van der Waals surface area contributed by atoms with Crippen LogP contribution in [0.15, 0.2) is 18.2 Å². The average Bonchev–Trinajstić information content (AvgIpc) is 1.77. The summed E-state index contributed by atoms with van der Waals surface area (Å²) < 4.78 is 0. The van der Waals surface area contributed by atoms with Gasteiger partial charge in [-0.2, -0.15) is 35.9 Å². The monoisotopic (exact) mass is 208 g/mol. The molecule has 0 radical (unpaired) electrons. The van der Waals surface area contributed by atoms with Crippen LogP contribution in [0.1, 0.15) is 0 Å². The van der Waals surface area contributed by atoms with Gasteiger partial charge in [0.1, 0.15) is 0 Å². The van der Waals surface area contributed by atoms with Gasteiger partial charge in [0.15, 0.2) is 0 Å². The summed E-state index contributed by atoms with van der Waals surface area (Å²) in [6, 6.07) is 7.83. The van der Waals surface area contributed by atoms with Crippen LogP contribution in [-0.4, -0.2) is 0 Å². The van der Waals surface area contributed by atoms with Crippen LogP contribution in [0.3, 0.4) is 0 Å². The van der Waals surface area contributed by atoms with E-state index in [4.69, 9.17) is 23.2 Å². The molecular weight excluding hydrogens is 207 g/mol. The van der Waals surface area contributed by atoms with Crippen molar-refractivity contribution in [2.24, 2.45) is 0 Å². The smallest absolute Gasteiger partial charge is 0.182 e. The van der Waals surface area contributed by atoms with Gasteiger partial charge in [0, 0.05) is 0 Å². The molecule has 0 aromatic heterocycles. The van der Waals surface area contributed by atoms with Crippen LogP contribution in [-0.2, 0) is 17.1 Å². The van der Waals surface area contributed by atoms with Gasteiger partial charge in [-0.3, -0.25) is 0 Å². The van der Waals surface area contributed by atoms with Crippen LogP contribution in [0.25, 0.3) is 0 Å². The van der Waals surface area contributed by atoms with Gasteiger partial charge in [0.2, 0.25) is 0 Å². The number of hydrogen-bond donors (Lipinski definition) is 0. The van der Waals surface area contributed by atoms with Crippen LogP contribution in [0.2, 0.25) is 10.0 Å². The van der Waals surface area contributed by atoms with Crippen molar-refractivity contribution in [3.63, 3.8) is 0 Å². The molecular formula is C6H3Cl2Cu. The maximum atomic E-state index is 5.56. The maximum absolute atomic E-state index is 5.56. The first-order valence-electron chi connectivity index (χ1n) is 2.12. The molecule has 0 amide bonds. The van der Waals surface area contributed by atoms with Gasteiger partial charge < -0.3 is 0 Å². The van der Waals surface area contributed by atoms with Crippen molar-refractivity contribution in [3.05, 3.63) is 34.3 Å². The van der Waals surface area contributed by atoms with E-state index >= 15 is 0 Å². The molecule has 9 heavy (non-hydrogen) atoms. The van der Waals surface area contributed by atoms with E-state index in [1.807, 2.05) is 0 Å². The molecule has 0 unspecified atom stereocenters. The third-order valence-electron chi connectivity index (χ3n) is 0.764. The van der Waals surface area contributed by atoms with Crippen molar-refractivity contribution in [3.8, 4) is 0 Å². The van der Waals surface area contributed by atoms with E-state index in [-0.39, 0.29) is 17.1 Å². The molecule has 0 atom stereocenters. The summed E-state index contributed by atoms with van der Waals surface area (Å²) in [7, 11) is 0. The molecule has 0 N–H and O–H groups in total. The fraction of sp³-hybridized carbons (Fsp3) is 0. The van der Waals surface area contributed by atoms with E-state index in [9.17, 15) is 0 Å². The van der Waals surface area contributed by atoms with E-state index in [1.165, 1.54) is 0 Å². The first-order chi connectivity index (χ1) is 3.80. The summed E-state index contributed by atoms with van der Waals surface area (Å²) in [6.45, 7) is 0. The predicted octanol–water partition coefficient (Wildman–Crippen LogP) is 2.79. The Morgan fingerprint density at radius 1 is 1.22 bits per heavy atom. The normalized spacial score (nSPS) is 8.22. The van der Waals surface area contributed by atoms with Crippen molar-refractivity contribution in [1.29, 1.82) is 0 Å². The molecule has 0 aliphatic rings. The molecule has 0 saturated heterocycles. The van der Waals surface area contributed by atoms with E-state index in [2.05, 4.69) is 6.07 Å². The second-order valence-electron chi connectivity index (χ2n) is 1.34. The summed E-state index contributed by atoms with van der Waals surface area (Å²) in [4.78, 5) is 0. The van der Waals surface area contributed by atoms with Crippen molar-refractivity contribution in [2.75, 3.05) is 0 Å². The fourth-order valence-electron chi connectivity index (χ4n) is 0.391. The standard InChI is InChI=1S/C6H3Cl2.Cu/c7-5-3-1-2-4-6(5)8;/h1,3-4H;/q-1;+1. The van der Waals surface area contributed by atoms with Gasteiger partial charge >= 0.3 is 17.1 Å². The number of halogens is 2. The minimum Gasteiger partial charge on any atom is -0.182 e. The van der Waals surface area contributed by atoms with E-state index < -0.39 is 0 Å². The summed E-state index contributed by atoms with van der Waals surface area (Å²) in [5.41, 5.74) is 0. The Kier molecular flexibility index (Phi) is 4.33. The summed E-state index contributed by atoms with van der Waals surface area (Å²) in [5.74, 6) is 0. The first-order valence-corrected chi connectivity index (χ1v) is 2.87. The molecule has 0 heterocycles. The average molecular weight is 210 g/mol. The molecule has 0 nitrogen and oxygen atoms in total. The molecule has 0 spiro atoms. The van der Waals surface area contributed by atoms with Crippen LogP contribution in [0, 0.1) is 6.07 Å². The molecule has 1 rings (SSSR count). The zero-order valence-electron chi connectivity index (χ0n) is 4.29. The van der Waals surface area contributed by atoms with Gasteiger partial charge in [-0.25, -0.2) is 0 Å². The zero-order chi connectivity index (χ0) is 5.98. The van der Waals surface area contributed by atoms with E-state index in [1.54, 1.807) is 18.2 Å². The van der Waals surface area contributed by atoms with Gasteiger partial charge in [-0.15, -0.1) is 11.6 Å². The maximum Gasteiger partial charge on any atom is 1.00 e. The van der Waals surface area contributed by atoms with Gasteiger partial charge in [0.25, 0.3) is 0 Å². The minimum atomic E-state index is 0. The summed E-state index contributed by atoms with van der Waals surface area (Å²) >= 11 is 11.1. The van der Waals surface area contributed by atoms with Crippen molar-refractivity contribution in [1.82, 2.24) is 0 Å². The number of hydrogen-bond acceptors (Lipinski definition) is 0. The predicted molar refractivity (Wildman–Crippen MR) is 35.3 cm³/mol. The Bertz CT molecular complexity index is 167. The van der Waals surface area contributed by atoms with Crippen LogP contribution in [0.4, 0.5) is 0 Å². The minimum absolute atomic E-state index is 0. The van der Waals surface area contributed by atoms with Crippen molar-refractivity contribution >= 4 is 23.2 Å². The van der Waals surface area contributed by atoms with Crippen LogP contribution >= 0.6 is 23.2 Å². The third-order valence-corrected chi connectivity index (χ3v) is 1.50. The molecule has 1 aromatic rings. The molecule has 52 valence electrons. The van der Waals surface area contributed by atoms with Crippen molar-refractivity contribution in [2.45, 2.75) is 0 Å². The quantitative estimate of drug-likeness (QED) is 0.455. The Balaban J connectivity index is 0.000000640. The second kappa shape index (κ2) is 4.19. The molecule has 3 heteroatoms. The Hall–Kier alpha value is 0.319. The molecule has 0 aliphatic carbocycles. The van der Waals surface area contributed by atoms with Gasteiger partial charge in [-0.05, 0) is 0 Å². The van der Waals surface area contributed by atoms with Crippen molar-refractivity contribution < 1.29 is 17.1 Å². The second-order valence-corrected chi connectivity index (χ2v) is 2.15. The Morgan fingerprint density at radius 2 is 1.89 bits per heavy atom. The molecule has 0 fully saturated rings. The summed E-state index contributed by atoms with van der Waals surface area (Å²) in [6.07, 6.45) is 0. The first kappa shape index (κ1) is 9.32. The molecule has 1 aromatic carbocycles. The van der Waals surface area contributed by atoms with Gasteiger partial charge in [-0.1, -0.05) is 10.0 Å². The fourth-order valence-corrected chi connectivity index (χ4v) is 0.635. The largest absolute Gasteiger partial charge is 1.00 e. The van der Waals surface area contributed by atoms with E-state index in [0.717, 1.165) is 0 Å². The number of benzene rings is 1. The van der Waals surface area contributed by atoms with Crippen LogP contribution < -0.4 is 0 Å². The van der Waals surface area contributed by atoms with Gasteiger partial charge in [0.05, 0.1) is 0 Å². The van der Waals surface area contributed by atoms with Crippen LogP contribution in [0.5, 0.6) is 0 Å². The molecule has 0 aliphatic heterocycles. The topological polar surface area (TPSA) is 0 Å². The van der Waals surface area contributed by atoms with E-state index in [0.29, 0.717) is 10.0 Å². The zero-order valence-corrected chi connectivity index (χ0v) is 6.74. The Morgan fingerprint density at radius 3 is 2.22 bits per heavy atom. The molecule has 0 bridgehead atoms. The number of rotatable bonds is 0. The molecule has 0 saturated carbocycles. The Labute approximate surface area is 74.6 Å². The SMILES string of the molecule is Clc1c[c-]ccc1Cl.[Cu+]. The summed E-state index contributed by atoms with van der Waals surface area (Å²) in [5, 5.41) is 1.12.